The average molecular weight is 502 g/mol. The summed E-state index contributed by atoms with van der Waals surface area (Å²) in [5.74, 6) is 0.333. The molecular weight excluding hydrogens is 482 g/mol. The van der Waals surface area contributed by atoms with Crippen molar-refractivity contribution in [3.8, 4) is 17.6 Å². The lowest BCUT2D eigenvalue weighted by molar-refractivity contribution is -0.385. The van der Waals surface area contributed by atoms with E-state index < -0.39 is 16.1 Å². The Morgan fingerprint density at radius 2 is 1.78 bits per heavy atom. The van der Waals surface area contributed by atoms with Gasteiger partial charge in [-0.15, -0.1) is 0 Å². The normalized spacial score (nSPS) is 14.1. The van der Waals surface area contributed by atoms with Gasteiger partial charge in [-0.3, -0.25) is 24.6 Å². The largest absolute Gasteiger partial charge is 0.493 e. The number of carbonyl (C=O) groups is 2. The molecule has 0 bridgehead atoms. The second-order valence-electron chi connectivity index (χ2n) is 7.62. The Morgan fingerprint density at radius 3 is 2.50 bits per heavy atom. The van der Waals surface area contributed by atoms with Gasteiger partial charge in [-0.25, -0.2) is 0 Å². The van der Waals surface area contributed by atoms with Crippen LogP contribution in [-0.4, -0.2) is 28.1 Å². The van der Waals surface area contributed by atoms with Gasteiger partial charge in [-0.05, 0) is 41.6 Å². The van der Waals surface area contributed by atoms with Crippen LogP contribution in [0.5, 0.6) is 11.5 Å². The highest BCUT2D eigenvalue weighted by atomic mass is 32.2. The molecule has 10 heteroatoms. The van der Waals surface area contributed by atoms with Crippen LogP contribution in [0.15, 0.2) is 71.6 Å². The van der Waals surface area contributed by atoms with Crippen LogP contribution in [0.3, 0.4) is 0 Å². The minimum atomic E-state index is -0.543. The van der Waals surface area contributed by atoms with E-state index in [0.29, 0.717) is 22.6 Å². The van der Waals surface area contributed by atoms with Crippen LogP contribution in [0, 0.1) is 21.4 Å². The van der Waals surface area contributed by atoms with Crippen LogP contribution < -0.4 is 9.47 Å². The Labute approximate surface area is 210 Å². The van der Waals surface area contributed by atoms with Gasteiger partial charge in [0.25, 0.3) is 16.8 Å². The number of imide groups is 1. The summed E-state index contributed by atoms with van der Waals surface area (Å²) in [6.07, 6.45) is 1.56. The summed E-state index contributed by atoms with van der Waals surface area (Å²) in [4.78, 5) is 37.3. The lowest BCUT2D eigenvalue weighted by Gasteiger charge is -2.13. The summed E-state index contributed by atoms with van der Waals surface area (Å²) < 4.78 is 11.3. The summed E-state index contributed by atoms with van der Waals surface area (Å²) in [7, 11) is 1.48. The maximum absolute atomic E-state index is 12.9. The number of nitro groups is 1. The predicted octanol–water partition coefficient (Wildman–Crippen LogP) is 5.29. The number of amides is 2. The first kappa shape index (κ1) is 24.5. The molecule has 0 aliphatic carbocycles. The van der Waals surface area contributed by atoms with Gasteiger partial charge < -0.3 is 9.47 Å². The van der Waals surface area contributed by atoms with Gasteiger partial charge in [0.2, 0.25) is 0 Å². The molecule has 1 fully saturated rings. The van der Waals surface area contributed by atoms with Crippen molar-refractivity contribution < 1.29 is 24.0 Å². The van der Waals surface area contributed by atoms with Crippen molar-refractivity contribution in [2.24, 2.45) is 0 Å². The molecule has 0 saturated carbocycles. The number of benzene rings is 3. The second kappa shape index (κ2) is 10.8. The van der Waals surface area contributed by atoms with Crippen LogP contribution in [0.1, 0.15) is 22.3 Å². The predicted molar refractivity (Wildman–Crippen MR) is 133 cm³/mol. The number of rotatable bonds is 8. The van der Waals surface area contributed by atoms with Crippen LogP contribution in [0.25, 0.3) is 6.08 Å². The van der Waals surface area contributed by atoms with E-state index in [9.17, 15) is 25.0 Å². The third-order valence-corrected chi connectivity index (χ3v) is 6.30. The van der Waals surface area contributed by atoms with Gasteiger partial charge in [0.05, 0.1) is 35.1 Å². The minimum Gasteiger partial charge on any atom is -0.493 e. The molecule has 2 amide bonds. The molecule has 36 heavy (non-hydrogen) atoms. The lowest BCUT2D eigenvalue weighted by Crippen LogP contribution is -2.27. The molecule has 9 nitrogen and oxygen atoms in total. The van der Waals surface area contributed by atoms with E-state index >= 15 is 0 Å². The van der Waals surface area contributed by atoms with Crippen LogP contribution in [0.4, 0.5) is 10.5 Å². The van der Waals surface area contributed by atoms with E-state index in [4.69, 9.17) is 9.47 Å². The van der Waals surface area contributed by atoms with Crippen molar-refractivity contribution in [3.63, 3.8) is 0 Å². The first-order valence-electron chi connectivity index (χ1n) is 10.7. The van der Waals surface area contributed by atoms with E-state index in [0.717, 1.165) is 22.2 Å². The van der Waals surface area contributed by atoms with Gasteiger partial charge in [-0.2, -0.15) is 5.26 Å². The number of nitrogens with zero attached hydrogens (tertiary/aromatic N) is 3. The third kappa shape index (κ3) is 5.21. The van der Waals surface area contributed by atoms with Gasteiger partial charge in [0.1, 0.15) is 6.61 Å². The molecule has 1 saturated heterocycles. The zero-order valence-electron chi connectivity index (χ0n) is 19.0. The fourth-order valence-corrected chi connectivity index (χ4v) is 4.42. The number of para-hydroxylation sites is 1. The standard InChI is InChI=1S/C26H19N3O6S/c1-34-23-12-17(10-11-22(23)35-16-20-8-3-2-6-18(20)14-27)13-24-25(30)28(26(31)36-24)15-19-7-4-5-9-21(19)29(32)33/h2-13H,15-16H2,1H3/b24-13-. The SMILES string of the molecule is COc1cc(/C=C2\SC(=O)N(Cc3ccccc3[N+](=O)[O-])C2=O)ccc1OCc1ccccc1C#N. The quantitative estimate of drug-likeness (QED) is 0.232. The van der Waals surface area contributed by atoms with Crippen LogP contribution >= 0.6 is 11.8 Å². The molecule has 0 aromatic heterocycles. The highest BCUT2D eigenvalue weighted by Crippen LogP contribution is 2.36. The summed E-state index contributed by atoms with van der Waals surface area (Å²) in [6, 6.07) is 20.3. The maximum atomic E-state index is 12.9. The number of thioether (sulfide) groups is 1. The van der Waals surface area contributed by atoms with Crippen molar-refractivity contribution in [3.05, 3.63) is 104 Å². The van der Waals surface area contributed by atoms with E-state index in [1.165, 1.54) is 25.3 Å². The number of hydrogen-bond donors (Lipinski definition) is 0. The summed E-state index contributed by atoms with van der Waals surface area (Å²) in [5, 5.41) is 20.0. The van der Waals surface area contributed by atoms with Gasteiger partial charge in [0.15, 0.2) is 11.5 Å². The Morgan fingerprint density at radius 1 is 1.06 bits per heavy atom. The molecule has 0 spiro atoms. The van der Waals surface area contributed by atoms with Gasteiger partial charge in [-0.1, -0.05) is 42.5 Å². The highest BCUT2D eigenvalue weighted by Gasteiger charge is 2.36. The van der Waals surface area contributed by atoms with Crippen molar-refractivity contribution >= 4 is 34.7 Å². The summed E-state index contributed by atoms with van der Waals surface area (Å²) in [5.41, 5.74) is 1.97. The first-order chi connectivity index (χ1) is 17.4. The molecule has 4 rings (SSSR count). The molecule has 3 aromatic carbocycles. The summed E-state index contributed by atoms with van der Waals surface area (Å²) >= 11 is 0.765. The average Bonchev–Trinajstić information content (AvgIpc) is 3.15. The molecule has 180 valence electrons. The maximum Gasteiger partial charge on any atom is 0.293 e. The van der Waals surface area contributed by atoms with E-state index in [1.54, 1.807) is 48.5 Å². The van der Waals surface area contributed by atoms with Crippen LogP contribution in [-0.2, 0) is 17.9 Å². The highest BCUT2D eigenvalue weighted by molar-refractivity contribution is 8.18. The Hall–Kier alpha value is -4.62. The van der Waals surface area contributed by atoms with Crippen molar-refractivity contribution in [1.29, 1.82) is 5.26 Å². The smallest absolute Gasteiger partial charge is 0.293 e. The Kier molecular flexibility index (Phi) is 7.32. The lowest BCUT2D eigenvalue weighted by atomic mass is 10.1. The van der Waals surface area contributed by atoms with Crippen molar-refractivity contribution in [2.75, 3.05) is 7.11 Å². The number of hydrogen-bond acceptors (Lipinski definition) is 8. The fraction of sp³-hybridized carbons (Fsp3) is 0.115. The molecule has 0 radical (unpaired) electrons. The topological polar surface area (TPSA) is 123 Å². The summed E-state index contributed by atoms with van der Waals surface area (Å²) in [6.45, 7) is -0.0244. The zero-order valence-corrected chi connectivity index (χ0v) is 19.9. The van der Waals surface area contributed by atoms with Crippen LogP contribution in [0.2, 0.25) is 0 Å². The number of ether oxygens (including phenoxy) is 2. The van der Waals surface area contributed by atoms with E-state index in [2.05, 4.69) is 6.07 Å². The molecule has 0 atom stereocenters. The number of carbonyl (C=O) groups excluding carboxylic acids is 2. The van der Waals surface area contributed by atoms with E-state index in [-0.39, 0.29) is 29.3 Å². The molecule has 0 unspecified atom stereocenters. The van der Waals surface area contributed by atoms with Gasteiger partial charge in [0, 0.05) is 17.2 Å². The monoisotopic (exact) mass is 501 g/mol. The van der Waals surface area contributed by atoms with E-state index in [1.807, 2.05) is 6.07 Å². The second-order valence-corrected chi connectivity index (χ2v) is 8.61. The molecule has 0 N–H and O–H groups in total. The zero-order chi connectivity index (χ0) is 25.7. The minimum absolute atomic E-state index is 0.154. The number of nitro benzene ring substituents is 1. The molecule has 1 aliphatic heterocycles. The first-order valence-corrected chi connectivity index (χ1v) is 11.5. The third-order valence-electron chi connectivity index (χ3n) is 5.40. The molecule has 3 aromatic rings. The number of methoxy groups -OCH3 is 1. The molecular formula is C26H19N3O6S. The van der Waals surface area contributed by atoms with Crippen molar-refractivity contribution in [1.82, 2.24) is 4.90 Å². The van der Waals surface area contributed by atoms with Gasteiger partial charge >= 0.3 is 0 Å². The molecule has 1 heterocycles. The Balaban J connectivity index is 1.51. The number of nitriles is 1. The fourth-order valence-electron chi connectivity index (χ4n) is 3.58. The Bertz CT molecular complexity index is 1430. The molecule has 1 aliphatic rings. The van der Waals surface area contributed by atoms with Crippen molar-refractivity contribution in [2.45, 2.75) is 13.2 Å².